The predicted octanol–water partition coefficient (Wildman–Crippen LogP) is 2.55. The molecule has 98 valence electrons. The summed E-state index contributed by atoms with van der Waals surface area (Å²) in [7, 11) is 2.23. The molecular weight excluding hydrogens is 222 g/mol. The lowest BCUT2D eigenvalue weighted by atomic mass is 9.76. The van der Waals surface area contributed by atoms with E-state index >= 15 is 0 Å². The molecule has 0 saturated carbocycles. The van der Waals surface area contributed by atoms with Crippen molar-refractivity contribution in [1.29, 1.82) is 0 Å². The zero-order valence-corrected chi connectivity index (χ0v) is 11.3. The summed E-state index contributed by atoms with van der Waals surface area (Å²) in [5.41, 5.74) is 2.74. The molecule has 2 aliphatic heterocycles. The average molecular weight is 245 g/mol. The highest BCUT2D eigenvalue weighted by Crippen LogP contribution is 2.45. The summed E-state index contributed by atoms with van der Waals surface area (Å²) in [5, 5.41) is 9.79. The molecule has 0 spiro atoms. The van der Waals surface area contributed by atoms with E-state index in [0.29, 0.717) is 24.5 Å². The minimum absolute atomic E-state index is 0.320. The van der Waals surface area contributed by atoms with E-state index in [4.69, 9.17) is 0 Å². The highest BCUT2D eigenvalue weighted by Gasteiger charge is 2.45. The van der Waals surface area contributed by atoms with Gasteiger partial charge in [0, 0.05) is 24.6 Å². The van der Waals surface area contributed by atoms with Crippen LogP contribution in [0.5, 0.6) is 0 Å². The van der Waals surface area contributed by atoms with Crippen molar-refractivity contribution in [1.82, 2.24) is 4.90 Å². The first-order valence-corrected chi connectivity index (χ1v) is 7.10. The van der Waals surface area contributed by atoms with Crippen molar-refractivity contribution in [2.24, 2.45) is 5.92 Å². The number of hydrogen-bond donors (Lipinski definition) is 1. The van der Waals surface area contributed by atoms with Crippen LogP contribution in [-0.2, 0) is 0 Å². The first-order valence-electron chi connectivity index (χ1n) is 7.10. The lowest BCUT2D eigenvalue weighted by molar-refractivity contribution is 0.0592. The van der Waals surface area contributed by atoms with Crippen molar-refractivity contribution < 1.29 is 5.11 Å². The molecule has 2 nitrogen and oxygen atoms in total. The number of fused-ring (bicyclic) bond motifs is 2. The monoisotopic (exact) mass is 245 g/mol. The summed E-state index contributed by atoms with van der Waals surface area (Å²) in [6.07, 6.45) is 3.77. The molecule has 0 aromatic heterocycles. The summed E-state index contributed by atoms with van der Waals surface area (Å²) in [4.78, 5) is 2.51. The zero-order chi connectivity index (χ0) is 12.7. The Morgan fingerprint density at radius 2 is 1.94 bits per heavy atom. The van der Waals surface area contributed by atoms with E-state index in [1.807, 2.05) is 0 Å². The van der Waals surface area contributed by atoms with Gasteiger partial charge in [0.15, 0.2) is 0 Å². The van der Waals surface area contributed by atoms with Crippen molar-refractivity contribution in [2.75, 3.05) is 13.7 Å². The van der Waals surface area contributed by atoms with Crippen LogP contribution in [0, 0.1) is 12.8 Å². The molecule has 2 heteroatoms. The van der Waals surface area contributed by atoms with Gasteiger partial charge < -0.3 is 10.0 Å². The molecule has 2 saturated heterocycles. The van der Waals surface area contributed by atoms with Gasteiger partial charge in [-0.05, 0) is 44.7 Å². The van der Waals surface area contributed by atoms with Crippen molar-refractivity contribution in [3.05, 3.63) is 35.4 Å². The van der Waals surface area contributed by atoms with Crippen molar-refractivity contribution >= 4 is 0 Å². The van der Waals surface area contributed by atoms with Gasteiger partial charge in [0.05, 0.1) is 0 Å². The van der Waals surface area contributed by atoms with Crippen molar-refractivity contribution in [2.45, 2.75) is 44.2 Å². The molecule has 2 unspecified atom stereocenters. The fourth-order valence-corrected chi connectivity index (χ4v) is 4.02. The maximum Gasteiger partial charge on any atom is 0.0480 e. The topological polar surface area (TPSA) is 23.5 Å². The Labute approximate surface area is 110 Å². The lowest BCUT2D eigenvalue weighted by Gasteiger charge is -2.42. The molecule has 0 radical (unpaired) electrons. The number of aryl methyl sites for hydroxylation is 1. The van der Waals surface area contributed by atoms with E-state index in [2.05, 4.69) is 43.1 Å². The highest BCUT2D eigenvalue weighted by molar-refractivity contribution is 5.27. The van der Waals surface area contributed by atoms with Crippen LogP contribution in [0.2, 0.25) is 0 Å². The van der Waals surface area contributed by atoms with E-state index < -0.39 is 0 Å². The second-order valence-corrected chi connectivity index (χ2v) is 6.06. The lowest BCUT2D eigenvalue weighted by Crippen LogP contribution is -2.47. The number of rotatable bonds is 2. The van der Waals surface area contributed by atoms with Gasteiger partial charge >= 0.3 is 0 Å². The first-order chi connectivity index (χ1) is 8.70. The van der Waals surface area contributed by atoms with Crippen LogP contribution in [-0.4, -0.2) is 35.7 Å². The molecule has 0 aliphatic carbocycles. The third-order valence-corrected chi connectivity index (χ3v) is 5.15. The summed E-state index contributed by atoms with van der Waals surface area (Å²) in [6.45, 7) is 2.45. The number of benzene rings is 1. The Hall–Kier alpha value is -0.860. The van der Waals surface area contributed by atoms with Gasteiger partial charge in [0.25, 0.3) is 0 Å². The maximum absolute atomic E-state index is 9.79. The normalized spacial score (nSPS) is 35.9. The molecule has 2 aliphatic rings. The van der Waals surface area contributed by atoms with Gasteiger partial charge in [-0.1, -0.05) is 29.8 Å². The SMILES string of the molecule is Cc1ccc(C2C[C@H]3CCC([C@@H]2CO)N3C)cc1. The summed E-state index contributed by atoms with van der Waals surface area (Å²) in [5.74, 6) is 0.959. The molecule has 3 rings (SSSR count). The van der Waals surface area contributed by atoms with Crippen LogP contribution in [0.3, 0.4) is 0 Å². The number of nitrogens with zero attached hydrogens (tertiary/aromatic N) is 1. The number of aliphatic hydroxyl groups excluding tert-OH is 1. The van der Waals surface area contributed by atoms with Gasteiger partial charge in [-0.3, -0.25) is 0 Å². The predicted molar refractivity (Wildman–Crippen MR) is 73.7 cm³/mol. The van der Waals surface area contributed by atoms with Crippen LogP contribution in [0.1, 0.15) is 36.3 Å². The van der Waals surface area contributed by atoms with Crippen molar-refractivity contribution in [3.8, 4) is 0 Å². The van der Waals surface area contributed by atoms with Gasteiger partial charge in [-0.15, -0.1) is 0 Å². The fourth-order valence-electron chi connectivity index (χ4n) is 4.02. The van der Waals surface area contributed by atoms with Gasteiger partial charge in [0.2, 0.25) is 0 Å². The quantitative estimate of drug-likeness (QED) is 0.865. The van der Waals surface area contributed by atoms with E-state index in [1.165, 1.54) is 30.4 Å². The van der Waals surface area contributed by atoms with Crippen LogP contribution in [0.15, 0.2) is 24.3 Å². The molecule has 4 atom stereocenters. The molecule has 2 heterocycles. The fraction of sp³-hybridized carbons (Fsp3) is 0.625. The molecule has 18 heavy (non-hydrogen) atoms. The van der Waals surface area contributed by atoms with Gasteiger partial charge in [-0.2, -0.15) is 0 Å². The summed E-state index contributed by atoms with van der Waals surface area (Å²) < 4.78 is 0. The molecule has 1 aromatic rings. The zero-order valence-electron chi connectivity index (χ0n) is 11.3. The molecule has 0 amide bonds. The van der Waals surface area contributed by atoms with E-state index in [1.54, 1.807) is 0 Å². The van der Waals surface area contributed by atoms with Crippen molar-refractivity contribution in [3.63, 3.8) is 0 Å². The number of aliphatic hydroxyl groups is 1. The van der Waals surface area contributed by atoms with Crippen LogP contribution < -0.4 is 0 Å². The Bertz CT molecular complexity index is 414. The van der Waals surface area contributed by atoms with E-state index in [0.717, 1.165) is 6.04 Å². The summed E-state index contributed by atoms with van der Waals surface area (Å²) in [6, 6.07) is 10.2. The maximum atomic E-state index is 9.79. The van der Waals surface area contributed by atoms with Crippen LogP contribution >= 0.6 is 0 Å². The Morgan fingerprint density at radius 3 is 2.61 bits per heavy atom. The van der Waals surface area contributed by atoms with Gasteiger partial charge in [-0.25, -0.2) is 0 Å². The highest BCUT2D eigenvalue weighted by atomic mass is 16.3. The van der Waals surface area contributed by atoms with E-state index in [-0.39, 0.29) is 0 Å². The van der Waals surface area contributed by atoms with E-state index in [9.17, 15) is 5.11 Å². The summed E-state index contributed by atoms with van der Waals surface area (Å²) >= 11 is 0. The standard InChI is InChI=1S/C16H23NO/c1-11-3-5-12(6-4-11)14-9-13-7-8-16(17(13)2)15(14)10-18/h3-6,13-16,18H,7-10H2,1-2H3/t13-,14?,15-,16?/m1/s1. The Balaban J connectivity index is 1.89. The largest absolute Gasteiger partial charge is 0.396 e. The van der Waals surface area contributed by atoms with Crippen LogP contribution in [0.25, 0.3) is 0 Å². The average Bonchev–Trinajstić information content (AvgIpc) is 2.63. The molecule has 2 fully saturated rings. The second-order valence-electron chi connectivity index (χ2n) is 6.06. The molecule has 1 aromatic carbocycles. The molecular formula is C16H23NO. The minimum Gasteiger partial charge on any atom is -0.396 e. The molecule has 2 bridgehead atoms. The Kier molecular flexibility index (Phi) is 3.16. The smallest absolute Gasteiger partial charge is 0.0480 e. The number of piperidine rings is 1. The molecule has 1 N–H and O–H groups in total. The Morgan fingerprint density at radius 1 is 1.22 bits per heavy atom. The van der Waals surface area contributed by atoms with Crippen LogP contribution in [0.4, 0.5) is 0 Å². The second kappa shape index (κ2) is 4.67. The first kappa shape index (κ1) is 12.2. The third kappa shape index (κ3) is 1.88. The number of hydrogen-bond acceptors (Lipinski definition) is 2. The van der Waals surface area contributed by atoms with Gasteiger partial charge in [0.1, 0.15) is 0 Å². The minimum atomic E-state index is 0.320. The third-order valence-electron chi connectivity index (χ3n) is 5.15.